The van der Waals surface area contributed by atoms with E-state index in [0.29, 0.717) is 25.2 Å². The Labute approximate surface area is 193 Å². The molecule has 0 radical (unpaired) electrons. The molecule has 7 heteroatoms. The summed E-state index contributed by atoms with van der Waals surface area (Å²) >= 11 is 0. The monoisotopic (exact) mass is 440 g/mol. The lowest BCUT2D eigenvalue weighted by Gasteiger charge is -2.38. The minimum Gasteiger partial charge on any atom is -0.383 e. The van der Waals surface area contributed by atoms with E-state index in [4.69, 9.17) is 9.73 Å². The predicted octanol–water partition coefficient (Wildman–Crippen LogP) is 3.25. The number of aliphatic imine (C=N–C) groups is 1. The zero-order valence-electron chi connectivity index (χ0n) is 20.4. The molecule has 0 bridgehead atoms. The molecular formula is C25H40N6O. The van der Waals surface area contributed by atoms with Gasteiger partial charge >= 0.3 is 0 Å². The molecule has 176 valence electrons. The van der Waals surface area contributed by atoms with Gasteiger partial charge in [-0.05, 0) is 46.1 Å². The SMILES string of the molecule is CCNC(=NCc1c(C)nn(CCOC)c1C)NC1CCN(Cc2ccccc2)C(C)C1. The van der Waals surface area contributed by atoms with Crippen LogP contribution in [-0.2, 0) is 24.4 Å². The quantitative estimate of drug-likeness (QED) is 0.463. The standard InChI is InChI=1S/C25H40N6O/c1-6-26-25(27-17-24-20(3)29-31(21(24)4)14-15-32-5)28-23-12-13-30(19(2)16-23)18-22-10-8-7-9-11-22/h7-11,19,23H,6,12-18H2,1-5H3,(H2,26,27,28). The van der Waals surface area contributed by atoms with Crippen molar-refractivity contribution in [3.05, 3.63) is 52.8 Å². The molecule has 2 aromatic rings. The van der Waals surface area contributed by atoms with Crippen molar-refractivity contribution in [3.8, 4) is 0 Å². The van der Waals surface area contributed by atoms with Crippen LogP contribution in [0.15, 0.2) is 35.3 Å². The van der Waals surface area contributed by atoms with Crippen LogP contribution in [-0.4, -0.2) is 59.5 Å². The first kappa shape index (κ1) is 24.3. The van der Waals surface area contributed by atoms with Gasteiger partial charge in [0, 0.05) is 50.1 Å². The van der Waals surface area contributed by atoms with Gasteiger partial charge in [0.15, 0.2) is 5.96 Å². The first-order valence-corrected chi connectivity index (χ1v) is 11.9. The van der Waals surface area contributed by atoms with Crippen LogP contribution < -0.4 is 10.6 Å². The van der Waals surface area contributed by atoms with E-state index >= 15 is 0 Å². The Morgan fingerprint density at radius 1 is 1.25 bits per heavy atom. The van der Waals surface area contributed by atoms with E-state index in [1.807, 2.05) is 4.68 Å². The van der Waals surface area contributed by atoms with Gasteiger partial charge in [-0.1, -0.05) is 30.3 Å². The third kappa shape index (κ3) is 6.56. The van der Waals surface area contributed by atoms with Crippen LogP contribution in [0.3, 0.4) is 0 Å². The fourth-order valence-electron chi connectivity index (χ4n) is 4.43. The van der Waals surface area contributed by atoms with Crippen molar-refractivity contribution >= 4 is 5.96 Å². The number of hydrogen-bond acceptors (Lipinski definition) is 4. The molecule has 0 spiro atoms. The Balaban J connectivity index is 1.58. The van der Waals surface area contributed by atoms with Crippen LogP contribution in [0.25, 0.3) is 0 Å². The highest BCUT2D eigenvalue weighted by atomic mass is 16.5. The van der Waals surface area contributed by atoms with E-state index in [1.54, 1.807) is 7.11 Å². The summed E-state index contributed by atoms with van der Waals surface area (Å²) in [7, 11) is 1.72. The first-order valence-electron chi connectivity index (χ1n) is 11.9. The number of aromatic nitrogens is 2. The summed E-state index contributed by atoms with van der Waals surface area (Å²) in [6.45, 7) is 13.6. The number of guanidine groups is 1. The summed E-state index contributed by atoms with van der Waals surface area (Å²) in [5.41, 5.74) is 4.80. The first-order chi connectivity index (χ1) is 15.5. The highest BCUT2D eigenvalue weighted by Crippen LogP contribution is 2.20. The van der Waals surface area contributed by atoms with Crippen LogP contribution in [0.4, 0.5) is 0 Å². The summed E-state index contributed by atoms with van der Waals surface area (Å²) in [6, 6.07) is 11.7. The molecule has 1 aliphatic rings. The van der Waals surface area contributed by atoms with Crippen LogP contribution in [0, 0.1) is 13.8 Å². The molecule has 1 aromatic carbocycles. The lowest BCUT2D eigenvalue weighted by Crippen LogP contribution is -2.51. The molecule has 2 N–H and O–H groups in total. The second-order valence-electron chi connectivity index (χ2n) is 8.73. The molecule has 1 saturated heterocycles. The Morgan fingerprint density at radius 3 is 2.72 bits per heavy atom. The van der Waals surface area contributed by atoms with E-state index in [0.717, 1.165) is 50.7 Å². The summed E-state index contributed by atoms with van der Waals surface area (Å²) < 4.78 is 7.22. The number of aryl methyl sites for hydroxylation is 1. The zero-order valence-corrected chi connectivity index (χ0v) is 20.4. The zero-order chi connectivity index (χ0) is 22.9. The molecule has 0 saturated carbocycles. The average Bonchev–Trinajstić information content (AvgIpc) is 3.06. The van der Waals surface area contributed by atoms with Gasteiger partial charge in [-0.3, -0.25) is 9.58 Å². The number of benzene rings is 1. The van der Waals surface area contributed by atoms with E-state index in [-0.39, 0.29) is 0 Å². The molecule has 2 atom stereocenters. The highest BCUT2D eigenvalue weighted by molar-refractivity contribution is 5.80. The Morgan fingerprint density at radius 2 is 2.03 bits per heavy atom. The third-order valence-corrected chi connectivity index (χ3v) is 6.36. The molecule has 7 nitrogen and oxygen atoms in total. The second kappa shape index (κ2) is 12.0. The molecule has 32 heavy (non-hydrogen) atoms. The van der Waals surface area contributed by atoms with Gasteiger partial charge in [-0.15, -0.1) is 0 Å². The van der Waals surface area contributed by atoms with Gasteiger partial charge in [0.05, 0.1) is 25.4 Å². The Kier molecular flexibility index (Phi) is 9.11. The number of methoxy groups -OCH3 is 1. The average molecular weight is 441 g/mol. The smallest absolute Gasteiger partial charge is 0.191 e. The normalized spacial score (nSPS) is 19.8. The number of hydrogen-bond donors (Lipinski definition) is 2. The minimum absolute atomic E-state index is 0.432. The molecule has 2 unspecified atom stereocenters. The number of piperidine rings is 1. The maximum absolute atomic E-state index is 5.20. The van der Waals surface area contributed by atoms with Crippen molar-refractivity contribution in [1.29, 1.82) is 0 Å². The number of ether oxygens (including phenoxy) is 1. The van der Waals surface area contributed by atoms with Crippen molar-refractivity contribution < 1.29 is 4.74 Å². The van der Waals surface area contributed by atoms with Crippen molar-refractivity contribution in [2.24, 2.45) is 4.99 Å². The lowest BCUT2D eigenvalue weighted by molar-refractivity contribution is 0.134. The van der Waals surface area contributed by atoms with Crippen LogP contribution in [0.5, 0.6) is 0 Å². The van der Waals surface area contributed by atoms with Crippen LogP contribution in [0.2, 0.25) is 0 Å². The van der Waals surface area contributed by atoms with Gasteiger partial charge < -0.3 is 15.4 Å². The second-order valence-corrected chi connectivity index (χ2v) is 8.73. The Hall–Kier alpha value is -2.38. The van der Waals surface area contributed by atoms with Gasteiger partial charge in [0.25, 0.3) is 0 Å². The molecule has 1 fully saturated rings. The maximum atomic E-state index is 5.20. The van der Waals surface area contributed by atoms with Gasteiger partial charge in [-0.2, -0.15) is 5.10 Å². The lowest BCUT2D eigenvalue weighted by atomic mass is 9.97. The molecule has 0 amide bonds. The van der Waals surface area contributed by atoms with Crippen molar-refractivity contribution in [2.45, 2.75) is 72.3 Å². The van der Waals surface area contributed by atoms with E-state index in [1.165, 1.54) is 16.8 Å². The van der Waals surface area contributed by atoms with Gasteiger partial charge in [0.2, 0.25) is 0 Å². The topological polar surface area (TPSA) is 66.7 Å². The van der Waals surface area contributed by atoms with E-state index in [2.05, 4.69) is 78.7 Å². The van der Waals surface area contributed by atoms with E-state index in [9.17, 15) is 0 Å². The summed E-state index contributed by atoms with van der Waals surface area (Å²) in [6.07, 6.45) is 2.23. The Bertz CT molecular complexity index is 863. The van der Waals surface area contributed by atoms with Crippen LogP contribution >= 0.6 is 0 Å². The molecule has 0 aliphatic carbocycles. The fourth-order valence-corrected chi connectivity index (χ4v) is 4.43. The number of rotatable bonds is 9. The van der Waals surface area contributed by atoms with Crippen molar-refractivity contribution in [1.82, 2.24) is 25.3 Å². The molecule has 1 aromatic heterocycles. The summed E-state index contributed by atoms with van der Waals surface area (Å²) in [5.74, 6) is 0.893. The minimum atomic E-state index is 0.432. The van der Waals surface area contributed by atoms with Crippen LogP contribution in [0.1, 0.15) is 49.2 Å². The van der Waals surface area contributed by atoms with E-state index < -0.39 is 0 Å². The fraction of sp³-hybridized carbons (Fsp3) is 0.600. The summed E-state index contributed by atoms with van der Waals surface area (Å²) in [4.78, 5) is 7.48. The number of likely N-dealkylation sites (tertiary alicyclic amines) is 1. The summed E-state index contributed by atoms with van der Waals surface area (Å²) in [5, 5.41) is 11.8. The molecule has 1 aliphatic heterocycles. The predicted molar refractivity (Wildman–Crippen MR) is 131 cm³/mol. The molecular weight excluding hydrogens is 400 g/mol. The van der Waals surface area contributed by atoms with Crippen molar-refractivity contribution in [3.63, 3.8) is 0 Å². The highest BCUT2D eigenvalue weighted by Gasteiger charge is 2.26. The third-order valence-electron chi connectivity index (χ3n) is 6.36. The number of nitrogens with one attached hydrogen (secondary N) is 2. The number of nitrogens with zero attached hydrogens (tertiary/aromatic N) is 4. The molecule has 3 rings (SSSR count). The maximum Gasteiger partial charge on any atom is 0.191 e. The van der Waals surface area contributed by atoms with Gasteiger partial charge in [0.1, 0.15) is 0 Å². The van der Waals surface area contributed by atoms with Crippen molar-refractivity contribution in [2.75, 3.05) is 26.8 Å². The van der Waals surface area contributed by atoms with Gasteiger partial charge in [-0.25, -0.2) is 4.99 Å². The molecule has 2 heterocycles. The largest absolute Gasteiger partial charge is 0.383 e.